The average molecular weight is 337 g/mol. The van der Waals surface area contributed by atoms with E-state index in [0.29, 0.717) is 5.56 Å². The molecule has 0 aliphatic heterocycles. The van der Waals surface area contributed by atoms with Crippen molar-refractivity contribution >= 4 is 39.1 Å². The van der Waals surface area contributed by atoms with Crippen LogP contribution in [0.1, 0.15) is 16.1 Å². The number of hydrogen-bond donors (Lipinski definition) is 0. The molecule has 0 fully saturated rings. The van der Waals surface area contributed by atoms with Gasteiger partial charge in [0.1, 0.15) is 5.69 Å². The van der Waals surface area contributed by atoms with Crippen LogP contribution in [0.3, 0.4) is 0 Å². The molecule has 2 heterocycles. The SMILES string of the molecule is COC(=O)c1nc(-c2ccc3scnc3c2)c(F)c(C)c1Cl. The number of aromatic nitrogens is 2. The van der Waals surface area contributed by atoms with Crippen LogP contribution in [0.4, 0.5) is 4.39 Å². The van der Waals surface area contributed by atoms with Gasteiger partial charge in [-0.3, -0.25) is 0 Å². The van der Waals surface area contributed by atoms with E-state index in [9.17, 15) is 9.18 Å². The first-order chi connectivity index (χ1) is 10.5. The molecule has 7 heteroatoms. The van der Waals surface area contributed by atoms with E-state index in [1.165, 1.54) is 25.4 Å². The number of benzene rings is 1. The van der Waals surface area contributed by atoms with Crippen molar-refractivity contribution in [3.63, 3.8) is 0 Å². The Bertz CT molecular complexity index is 895. The van der Waals surface area contributed by atoms with Crippen LogP contribution in [0, 0.1) is 12.7 Å². The zero-order valence-corrected chi connectivity index (χ0v) is 13.3. The second kappa shape index (κ2) is 5.62. The largest absolute Gasteiger partial charge is 0.464 e. The summed E-state index contributed by atoms with van der Waals surface area (Å²) in [4.78, 5) is 20.0. The first-order valence-electron chi connectivity index (χ1n) is 6.30. The van der Waals surface area contributed by atoms with Crippen molar-refractivity contribution < 1.29 is 13.9 Å². The van der Waals surface area contributed by atoms with Crippen LogP contribution >= 0.6 is 22.9 Å². The van der Waals surface area contributed by atoms with Crippen molar-refractivity contribution in [2.75, 3.05) is 7.11 Å². The lowest BCUT2D eigenvalue weighted by molar-refractivity contribution is 0.0594. The maximum absolute atomic E-state index is 14.5. The number of rotatable bonds is 2. The predicted octanol–water partition coefficient (Wildman–Crippen LogP) is 4.25. The minimum Gasteiger partial charge on any atom is -0.464 e. The standard InChI is InChI=1S/C15H10ClFN2O2S/c1-7-11(16)14(15(20)21-2)19-13(12(7)17)8-3-4-10-9(5-8)18-6-22-10/h3-6H,1-2H3. The Morgan fingerprint density at radius 2 is 2.18 bits per heavy atom. The number of pyridine rings is 1. The Hall–Kier alpha value is -2.05. The van der Waals surface area contributed by atoms with Gasteiger partial charge in [0.25, 0.3) is 0 Å². The van der Waals surface area contributed by atoms with E-state index in [4.69, 9.17) is 11.6 Å². The van der Waals surface area contributed by atoms with E-state index in [1.54, 1.807) is 17.6 Å². The highest BCUT2D eigenvalue weighted by atomic mass is 35.5. The van der Waals surface area contributed by atoms with Crippen molar-refractivity contribution in [3.8, 4) is 11.3 Å². The molecule has 0 saturated heterocycles. The molecule has 0 bridgehead atoms. The van der Waals surface area contributed by atoms with E-state index in [-0.39, 0.29) is 22.0 Å². The summed E-state index contributed by atoms with van der Waals surface area (Å²) in [6.45, 7) is 1.50. The van der Waals surface area contributed by atoms with Crippen LogP contribution in [-0.4, -0.2) is 23.0 Å². The van der Waals surface area contributed by atoms with Gasteiger partial charge in [-0.05, 0) is 19.1 Å². The van der Waals surface area contributed by atoms with E-state index in [2.05, 4.69) is 14.7 Å². The van der Waals surface area contributed by atoms with Crippen LogP contribution in [0.2, 0.25) is 5.02 Å². The van der Waals surface area contributed by atoms with Gasteiger partial charge in [-0.1, -0.05) is 17.7 Å². The number of esters is 1. The molecule has 0 spiro atoms. The highest BCUT2D eigenvalue weighted by molar-refractivity contribution is 7.16. The molecule has 3 aromatic rings. The average Bonchev–Trinajstić information content (AvgIpc) is 2.99. The fraction of sp³-hybridized carbons (Fsp3) is 0.133. The monoisotopic (exact) mass is 336 g/mol. The molecule has 0 N–H and O–H groups in total. The second-order valence-electron chi connectivity index (χ2n) is 4.59. The number of carbonyl (C=O) groups excluding carboxylic acids is 1. The summed E-state index contributed by atoms with van der Waals surface area (Å²) in [5, 5.41) is -0.0390. The smallest absolute Gasteiger partial charge is 0.358 e. The van der Waals surface area contributed by atoms with E-state index in [0.717, 1.165) is 10.2 Å². The highest BCUT2D eigenvalue weighted by Gasteiger charge is 2.22. The summed E-state index contributed by atoms with van der Waals surface area (Å²) in [6, 6.07) is 5.30. The van der Waals surface area contributed by atoms with Gasteiger partial charge >= 0.3 is 5.97 Å². The number of methoxy groups -OCH3 is 1. The van der Waals surface area contributed by atoms with Gasteiger partial charge in [0, 0.05) is 11.1 Å². The maximum atomic E-state index is 14.5. The fourth-order valence-electron chi connectivity index (χ4n) is 2.09. The lowest BCUT2D eigenvalue weighted by Gasteiger charge is -2.10. The van der Waals surface area contributed by atoms with Crippen molar-refractivity contribution in [2.24, 2.45) is 0 Å². The summed E-state index contributed by atoms with van der Waals surface area (Å²) in [5.41, 5.74) is 3.10. The third kappa shape index (κ3) is 2.34. The molecule has 4 nitrogen and oxygen atoms in total. The summed E-state index contributed by atoms with van der Waals surface area (Å²) in [7, 11) is 1.22. The number of fused-ring (bicyclic) bond motifs is 1. The third-order valence-electron chi connectivity index (χ3n) is 3.28. The molecule has 112 valence electrons. The van der Waals surface area contributed by atoms with Crippen molar-refractivity contribution in [1.29, 1.82) is 0 Å². The Morgan fingerprint density at radius 3 is 2.91 bits per heavy atom. The van der Waals surface area contributed by atoms with Gasteiger partial charge in [0.2, 0.25) is 0 Å². The number of nitrogens with zero attached hydrogens (tertiary/aromatic N) is 2. The van der Waals surface area contributed by atoms with Gasteiger partial charge in [-0.2, -0.15) is 0 Å². The number of thiazole rings is 1. The molecule has 0 aliphatic rings. The Kier molecular flexibility index (Phi) is 3.80. The predicted molar refractivity (Wildman–Crippen MR) is 83.9 cm³/mol. The molecule has 3 rings (SSSR count). The number of halogens is 2. The van der Waals surface area contributed by atoms with E-state index in [1.807, 2.05) is 6.07 Å². The molecular formula is C15H10ClFN2O2S. The Morgan fingerprint density at radius 1 is 1.41 bits per heavy atom. The maximum Gasteiger partial charge on any atom is 0.358 e. The van der Waals surface area contributed by atoms with Crippen molar-refractivity contribution in [3.05, 3.63) is 45.8 Å². The highest BCUT2D eigenvalue weighted by Crippen LogP contribution is 2.31. The normalized spacial score (nSPS) is 10.9. The summed E-state index contributed by atoms with van der Waals surface area (Å²) >= 11 is 7.49. The summed E-state index contributed by atoms with van der Waals surface area (Å²) in [5.74, 6) is -1.27. The lowest BCUT2D eigenvalue weighted by atomic mass is 10.1. The molecule has 0 aliphatic carbocycles. The zero-order valence-electron chi connectivity index (χ0n) is 11.7. The molecule has 0 radical (unpaired) electrons. The van der Waals surface area contributed by atoms with Crippen LogP contribution in [0.5, 0.6) is 0 Å². The van der Waals surface area contributed by atoms with Crippen LogP contribution in [0.15, 0.2) is 23.7 Å². The topological polar surface area (TPSA) is 52.1 Å². The third-order valence-corrected chi connectivity index (χ3v) is 4.55. The second-order valence-corrected chi connectivity index (χ2v) is 5.85. The van der Waals surface area contributed by atoms with Crippen LogP contribution in [0.25, 0.3) is 21.5 Å². The lowest BCUT2D eigenvalue weighted by Crippen LogP contribution is -2.09. The van der Waals surface area contributed by atoms with Gasteiger partial charge in [-0.25, -0.2) is 19.2 Å². The molecule has 0 atom stereocenters. The number of hydrogen-bond acceptors (Lipinski definition) is 5. The molecular weight excluding hydrogens is 327 g/mol. The number of carbonyl (C=O) groups is 1. The minimum atomic E-state index is -0.705. The van der Waals surface area contributed by atoms with Crippen molar-refractivity contribution in [2.45, 2.75) is 6.92 Å². The Labute approximate surface area is 134 Å². The summed E-state index contributed by atoms with van der Waals surface area (Å²) in [6.07, 6.45) is 0. The van der Waals surface area contributed by atoms with Gasteiger partial charge in [0.05, 0.1) is 27.9 Å². The zero-order chi connectivity index (χ0) is 15.9. The molecule has 2 aromatic heterocycles. The first kappa shape index (κ1) is 14.9. The molecule has 0 amide bonds. The van der Waals surface area contributed by atoms with E-state index >= 15 is 0 Å². The van der Waals surface area contributed by atoms with E-state index < -0.39 is 11.8 Å². The van der Waals surface area contributed by atoms with Gasteiger partial charge in [-0.15, -0.1) is 11.3 Å². The Balaban J connectivity index is 2.25. The molecule has 0 saturated carbocycles. The quantitative estimate of drug-likeness (QED) is 0.657. The molecule has 22 heavy (non-hydrogen) atoms. The minimum absolute atomic E-state index is 0.0390. The van der Waals surface area contributed by atoms with Crippen molar-refractivity contribution in [1.82, 2.24) is 9.97 Å². The molecule has 0 unspecified atom stereocenters. The van der Waals surface area contributed by atoms with Crippen LogP contribution < -0.4 is 0 Å². The summed E-state index contributed by atoms with van der Waals surface area (Å²) < 4.78 is 20.1. The fourth-order valence-corrected chi connectivity index (χ4v) is 2.95. The number of ether oxygens (including phenoxy) is 1. The molecule has 1 aromatic carbocycles. The van der Waals surface area contributed by atoms with Gasteiger partial charge in [0.15, 0.2) is 11.5 Å². The first-order valence-corrected chi connectivity index (χ1v) is 7.56. The van der Waals surface area contributed by atoms with Crippen LogP contribution in [-0.2, 0) is 4.74 Å². The van der Waals surface area contributed by atoms with Gasteiger partial charge < -0.3 is 4.74 Å².